The monoisotopic (exact) mass is 611 g/mol. The van der Waals surface area contributed by atoms with E-state index in [0.29, 0.717) is 33.5 Å². The van der Waals surface area contributed by atoms with Gasteiger partial charge in [0, 0.05) is 6.04 Å². The zero-order valence-corrected chi connectivity index (χ0v) is 29.4. The number of rotatable bonds is 10. The standard InChI is InChI=1S/C39H65NO4/c1-8-23-40(27-11-12-27)24-22-39-17-9-10-30(39)29-13-14-32-36(5)18-16-31(44-33(41)25-35(3,4)34(42)43)26(2)28(36)15-19-38(32,7)37(29,6)20-21-39/h26-32H,8-25H2,1-7H3,(H,42,43)/t26-,28?,29?,30-,31+,32?,36+,37-,38-,39-/m1/s1. The molecule has 0 spiro atoms. The first-order valence-corrected chi connectivity index (χ1v) is 18.9. The van der Waals surface area contributed by atoms with E-state index in [1.165, 1.54) is 96.6 Å². The Morgan fingerprint density at radius 3 is 2.27 bits per heavy atom. The molecule has 5 heteroatoms. The van der Waals surface area contributed by atoms with Crippen LogP contribution in [-0.4, -0.2) is 47.2 Å². The van der Waals surface area contributed by atoms with Gasteiger partial charge < -0.3 is 14.7 Å². The minimum atomic E-state index is -1.09. The minimum absolute atomic E-state index is 0.0617. The molecule has 5 nitrogen and oxygen atoms in total. The van der Waals surface area contributed by atoms with E-state index in [1.807, 2.05) is 0 Å². The van der Waals surface area contributed by atoms with Gasteiger partial charge in [0.05, 0.1) is 11.8 Å². The quantitative estimate of drug-likeness (QED) is 0.250. The Kier molecular flexibility index (Phi) is 8.62. The molecule has 6 aliphatic carbocycles. The molecule has 6 rings (SSSR count). The molecule has 250 valence electrons. The number of carbonyl (C=O) groups is 2. The predicted molar refractivity (Wildman–Crippen MR) is 176 cm³/mol. The molecular formula is C39H65NO4. The molecule has 3 unspecified atom stereocenters. The first kappa shape index (κ1) is 32.8. The number of ether oxygens (including phenoxy) is 1. The minimum Gasteiger partial charge on any atom is -0.481 e. The molecule has 0 aliphatic heterocycles. The van der Waals surface area contributed by atoms with Crippen LogP contribution in [0.1, 0.15) is 151 Å². The van der Waals surface area contributed by atoms with E-state index >= 15 is 0 Å². The molecule has 6 saturated carbocycles. The number of carboxylic acids is 1. The van der Waals surface area contributed by atoms with Gasteiger partial charge in [-0.25, -0.2) is 0 Å². The van der Waals surface area contributed by atoms with E-state index in [0.717, 1.165) is 36.6 Å². The zero-order chi connectivity index (χ0) is 31.7. The van der Waals surface area contributed by atoms with Gasteiger partial charge in [0.15, 0.2) is 0 Å². The second kappa shape index (κ2) is 11.6. The largest absolute Gasteiger partial charge is 0.481 e. The summed E-state index contributed by atoms with van der Waals surface area (Å²) in [6, 6.07) is 0.892. The zero-order valence-electron chi connectivity index (χ0n) is 29.4. The molecule has 6 fully saturated rings. The van der Waals surface area contributed by atoms with Crippen molar-refractivity contribution in [2.75, 3.05) is 13.1 Å². The van der Waals surface area contributed by atoms with E-state index in [2.05, 4.69) is 39.5 Å². The van der Waals surface area contributed by atoms with Crippen LogP contribution in [-0.2, 0) is 14.3 Å². The Morgan fingerprint density at radius 2 is 1.59 bits per heavy atom. The SMILES string of the molecule is CCCN(CC[C@]12CCC[C@@H]1C1CCC3[C@@]4(C)CC[C@H](OC(=O)CC(C)(C)C(=O)O)[C@H](C)C4CC[C@@]3(C)[C@]1(C)CC2)C1CC1. The molecule has 44 heavy (non-hydrogen) atoms. The summed E-state index contributed by atoms with van der Waals surface area (Å²) in [6.45, 7) is 18.7. The first-order chi connectivity index (χ1) is 20.7. The molecule has 10 atom stereocenters. The normalized spacial score (nSPS) is 45.2. The van der Waals surface area contributed by atoms with E-state index in [-0.39, 0.29) is 18.5 Å². The van der Waals surface area contributed by atoms with E-state index in [9.17, 15) is 14.7 Å². The summed E-state index contributed by atoms with van der Waals surface area (Å²) in [5.41, 5.74) is 0.608. The molecule has 0 aromatic carbocycles. The van der Waals surface area contributed by atoms with Crippen molar-refractivity contribution >= 4 is 11.9 Å². The van der Waals surface area contributed by atoms with Crippen LogP contribution in [0.2, 0.25) is 0 Å². The Labute approximate surface area is 269 Å². The maximum Gasteiger partial charge on any atom is 0.309 e. The van der Waals surface area contributed by atoms with Crippen LogP contribution in [0.25, 0.3) is 0 Å². The van der Waals surface area contributed by atoms with E-state index < -0.39 is 11.4 Å². The maximum absolute atomic E-state index is 12.9. The highest BCUT2D eigenvalue weighted by Crippen LogP contribution is 2.76. The number of carbonyl (C=O) groups excluding carboxylic acids is 1. The van der Waals surface area contributed by atoms with Crippen molar-refractivity contribution in [2.24, 2.45) is 56.7 Å². The molecule has 6 aliphatic rings. The summed E-state index contributed by atoms with van der Waals surface area (Å²) in [6.07, 6.45) is 20.1. The highest BCUT2D eigenvalue weighted by atomic mass is 16.5. The molecule has 0 aromatic rings. The lowest BCUT2D eigenvalue weighted by molar-refractivity contribution is -0.235. The fourth-order valence-corrected chi connectivity index (χ4v) is 13.1. The number of esters is 1. The lowest BCUT2D eigenvalue weighted by atomic mass is 9.33. The van der Waals surface area contributed by atoms with Crippen molar-refractivity contribution < 1.29 is 19.4 Å². The van der Waals surface area contributed by atoms with Gasteiger partial charge in [0.25, 0.3) is 0 Å². The van der Waals surface area contributed by atoms with Crippen LogP contribution in [0, 0.1) is 56.7 Å². The predicted octanol–water partition coefficient (Wildman–Crippen LogP) is 9.13. The number of fused-ring (bicyclic) bond motifs is 7. The van der Waals surface area contributed by atoms with Crippen molar-refractivity contribution in [3.05, 3.63) is 0 Å². The molecule has 0 bridgehead atoms. The lowest BCUT2D eigenvalue weighted by Gasteiger charge is -2.72. The summed E-state index contributed by atoms with van der Waals surface area (Å²) < 4.78 is 6.08. The van der Waals surface area contributed by atoms with Gasteiger partial charge in [-0.05, 0) is 168 Å². The third-order valence-corrected chi connectivity index (χ3v) is 16.0. The molecule has 1 N–H and O–H groups in total. The van der Waals surface area contributed by atoms with Crippen molar-refractivity contribution in [1.82, 2.24) is 4.90 Å². The fourth-order valence-electron chi connectivity index (χ4n) is 13.1. The van der Waals surface area contributed by atoms with Crippen molar-refractivity contribution in [3.63, 3.8) is 0 Å². The topological polar surface area (TPSA) is 66.8 Å². The van der Waals surface area contributed by atoms with Gasteiger partial charge in [0.2, 0.25) is 0 Å². The first-order valence-electron chi connectivity index (χ1n) is 18.9. The van der Waals surface area contributed by atoms with E-state index in [1.54, 1.807) is 13.8 Å². The van der Waals surface area contributed by atoms with Crippen LogP contribution < -0.4 is 0 Å². The lowest BCUT2D eigenvalue weighted by Crippen LogP contribution is -2.65. The third-order valence-electron chi connectivity index (χ3n) is 16.0. The second-order valence-corrected chi connectivity index (χ2v) is 18.4. The number of aliphatic carboxylic acids is 1. The molecule has 0 saturated heterocycles. The number of hydrogen-bond donors (Lipinski definition) is 1. The van der Waals surface area contributed by atoms with Crippen LogP contribution >= 0.6 is 0 Å². The highest BCUT2D eigenvalue weighted by molar-refractivity contribution is 5.81. The van der Waals surface area contributed by atoms with Crippen LogP contribution in [0.4, 0.5) is 0 Å². The Balaban J connectivity index is 1.16. The second-order valence-electron chi connectivity index (χ2n) is 18.4. The van der Waals surface area contributed by atoms with Crippen LogP contribution in [0.5, 0.6) is 0 Å². The summed E-state index contributed by atoms with van der Waals surface area (Å²) in [5, 5.41) is 9.52. The fraction of sp³-hybridized carbons (Fsp3) is 0.949. The van der Waals surface area contributed by atoms with Gasteiger partial charge in [-0.2, -0.15) is 0 Å². The van der Waals surface area contributed by atoms with Crippen molar-refractivity contribution in [2.45, 2.75) is 163 Å². The Hall–Kier alpha value is -1.10. The van der Waals surface area contributed by atoms with Gasteiger partial charge in [-0.3, -0.25) is 9.59 Å². The average Bonchev–Trinajstić information content (AvgIpc) is 3.71. The van der Waals surface area contributed by atoms with Gasteiger partial charge in [-0.1, -0.05) is 41.0 Å². The molecule has 0 aromatic heterocycles. The molecule has 0 amide bonds. The summed E-state index contributed by atoms with van der Waals surface area (Å²) in [4.78, 5) is 27.4. The van der Waals surface area contributed by atoms with Gasteiger partial charge >= 0.3 is 11.9 Å². The van der Waals surface area contributed by atoms with Gasteiger partial charge in [-0.15, -0.1) is 0 Å². The maximum atomic E-state index is 12.9. The molecule has 0 heterocycles. The molecular weight excluding hydrogens is 546 g/mol. The van der Waals surface area contributed by atoms with Gasteiger partial charge in [0.1, 0.15) is 6.10 Å². The summed E-state index contributed by atoms with van der Waals surface area (Å²) in [7, 11) is 0. The Morgan fingerprint density at radius 1 is 0.841 bits per heavy atom. The number of nitrogens with zero attached hydrogens (tertiary/aromatic N) is 1. The summed E-state index contributed by atoms with van der Waals surface area (Å²) >= 11 is 0. The molecule has 0 radical (unpaired) electrons. The number of carboxylic acid groups (broad SMARTS) is 1. The van der Waals surface area contributed by atoms with Crippen LogP contribution in [0.3, 0.4) is 0 Å². The third kappa shape index (κ3) is 5.20. The smallest absolute Gasteiger partial charge is 0.309 e. The highest BCUT2D eigenvalue weighted by Gasteiger charge is 2.69. The Bertz CT molecular complexity index is 1100. The average molecular weight is 612 g/mol. The van der Waals surface area contributed by atoms with Crippen molar-refractivity contribution in [1.29, 1.82) is 0 Å². The van der Waals surface area contributed by atoms with E-state index in [4.69, 9.17) is 4.74 Å². The summed E-state index contributed by atoms with van der Waals surface area (Å²) in [5.74, 6) is 2.16. The number of hydrogen-bond acceptors (Lipinski definition) is 4. The van der Waals surface area contributed by atoms with Crippen LogP contribution in [0.15, 0.2) is 0 Å². The van der Waals surface area contributed by atoms with Crippen molar-refractivity contribution in [3.8, 4) is 0 Å².